The molecule has 2 saturated heterocycles. The van der Waals surface area contributed by atoms with Crippen LogP contribution in [0.15, 0.2) is 0 Å². The van der Waals surface area contributed by atoms with Gasteiger partial charge in [-0.2, -0.15) is 0 Å². The van der Waals surface area contributed by atoms with Crippen molar-refractivity contribution in [1.82, 2.24) is 15.5 Å². The Bertz CT molecular complexity index is 321. The monoisotopic (exact) mass is 267 g/mol. The van der Waals surface area contributed by atoms with Gasteiger partial charge >= 0.3 is 0 Å². The Balaban J connectivity index is 1.73. The van der Waals surface area contributed by atoms with Gasteiger partial charge < -0.3 is 15.5 Å². The summed E-state index contributed by atoms with van der Waals surface area (Å²) in [5.41, 5.74) is 0. The summed E-state index contributed by atoms with van der Waals surface area (Å²) >= 11 is 0. The van der Waals surface area contributed by atoms with Crippen LogP contribution in [0.5, 0.6) is 0 Å². The molecule has 2 rings (SSSR count). The Hall–Kier alpha value is -1.10. The van der Waals surface area contributed by atoms with Crippen LogP contribution in [0.3, 0.4) is 0 Å². The van der Waals surface area contributed by atoms with Crippen LogP contribution >= 0.6 is 0 Å². The molecule has 0 bridgehead atoms. The highest BCUT2D eigenvalue weighted by Crippen LogP contribution is 2.13. The Kier molecular flexibility index (Phi) is 5.19. The molecule has 2 amide bonds. The first-order valence-corrected chi connectivity index (χ1v) is 7.45. The average molecular weight is 267 g/mol. The van der Waals surface area contributed by atoms with Gasteiger partial charge in [0.05, 0.1) is 0 Å². The fourth-order valence-electron chi connectivity index (χ4n) is 2.90. The molecule has 0 saturated carbocycles. The summed E-state index contributed by atoms with van der Waals surface area (Å²) in [7, 11) is 0. The van der Waals surface area contributed by atoms with Crippen LogP contribution in [-0.2, 0) is 9.59 Å². The van der Waals surface area contributed by atoms with Crippen LogP contribution in [0.1, 0.15) is 39.0 Å². The third-order valence-corrected chi connectivity index (χ3v) is 4.05. The maximum absolute atomic E-state index is 12.2. The van der Waals surface area contributed by atoms with Gasteiger partial charge in [0.25, 0.3) is 0 Å². The van der Waals surface area contributed by atoms with Gasteiger partial charge in [0, 0.05) is 19.5 Å². The molecule has 0 aromatic heterocycles. The van der Waals surface area contributed by atoms with Crippen molar-refractivity contribution in [2.45, 2.75) is 45.1 Å². The van der Waals surface area contributed by atoms with E-state index >= 15 is 0 Å². The van der Waals surface area contributed by atoms with E-state index in [1.165, 1.54) is 6.42 Å². The van der Waals surface area contributed by atoms with Crippen molar-refractivity contribution in [2.75, 3.05) is 26.2 Å². The molecule has 2 N–H and O–H groups in total. The smallest absolute Gasteiger partial charge is 0.244 e. The molecule has 2 heterocycles. The second-order valence-electron chi connectivity index (χ2n) is 5.74. The predicted octanol–water partition coefficient (Wildman–Crippen LogP) is 0.503. The number of carbonyl (C=O) groups excluding carboxylic acids is 2. The van der Waals surface area contributed by atoms with E-state index in [1.54, 1.807) is 6.92 Å². The number of likely N-dealkylation sites (tertiary alicyclic amines) is 1. The molecule has 0 spiro atoms. The van der Waals surface area contributed by atoms with E-state index in [0.717, 1.165) is 45.4 Å². The van der Waals surface area contributed by atoms with Crippen LogP contribution < -0.4 is 10.6 Å². The molecule has 0 aromatic carbocycles. The van der Waals surface area contributed by atoms with Gasteiger partial charge in [0.1, 0.15) is 6.04 Å². The molecule has 2 atom stereocenters. The molecule has 0 aliphatic carbocycles. The lowest BCUT2D eigenvalue weighted by Crippen LogP contribution is -2.48. The summed E-state index contributed by atoms with van der Waals surface area (Å²) in [4.78, 5) is 25.9. The summed E-state index contributed by atoms with van der Waals surface area (Å²) < 4.78 is 0. The highest BCUT2D eigenvalue weighted by Gasteiger charge is 2.25. The first-order chi connectivity index (χ1) is 9.16. The van der Waals surface area contributed by atoms with Crippen LogP contribution in [0.25, 0.3) is 0 Å². The van der Waals surface area contributed by atoms with Gasteiger partial charge in [-0.25, -0.2) is 0 Å². The Morgan fingerprint density at radius 3 is 2.68 bits per heavy atom. The molecular weight excluding hydrogens is 242 g/mol. The normalized spacial score (nSPS) is 25.1. The largest absolute Gasteiger partial charge is 0.345 e. The number of rotatable bonds is 4. The highest BCUT2D eigenvalue weighted by atomic mass is 16.2. The number of piperidine rings is 1. The summed E-state index contributed by atoms with van der Waals surface area (Å²) in [6, 6.07) is -0.389. The third kappa shape index (κ3) is 4.20. The fraction of sp³-hybridized carbons (Fsp3) is 0.857. The lowest BCUT2D eigenvalue weighted by Gasteiger charge is -2.29. The molecule has 0 aromatic rings. The van der Waals surface area contributed by atoms with Crippen LogP contribution in [0.4, 0.5) is 0 Å². The summed E-state index contributed by atoms with van der Waals surface area (Å²) in [6.07, 6.45) is 4.96. The minimum absolute atomic E-state index is 0.00607. The second kappa shape index (κ2) is 6.89. The van der Waals surface area contributed by atoms with Crippen LogP contribution in [-0.4, -0.2) is 48.9 Å². The SMILES string of the molecule is CC(NC(=O)CC1CCNC1)C(=O)N1CCCCC1. The summed E-state index contributed by atoms with van der Waals surface area (Å²) in [5, 5.41) is 6.10. The molecular formula is C14H25N3O2. The molecule has 0 radical (unpaired) electrons. The second-order valence-corrected chi connectivity index (χ2v) is 5.74. The minimum Gasteiger partial charge on any atom is -0.345 e. The summed E-state index contributed by atoms with van der Waals surface area (Å²) in [6.45, 7) is 5.39. The molecule has 2 aliphatic rings. The van der Waals surface area contributed by atoms with Crippen molar-refractivity contribution < 1.29 is 9.59 Å². The van der Waals surface area contributed by atoms with E-state index in [9.17, 15) is 9.59 Å². The Labute approximate surface area is 115 Å². The van der Waals surface area contributed by atoms with Crippen molar-refractivity contribution >= 4 is 11.8 Å². The third-order valence-electron chi connectivity index (χ3n) is 4.05. The predicted molar refractivity (Wildman–Crippen MR) is 73.6 cm³/mol. The lowest BCUT2D eigenvalue weighted by atomic mass is 10.0. The maximum Gasteiger partial charge on any atom is 0.244 e. The van der Waals surface area contributed by atoms with Crippen molar-refractivity contribution in [3.63, 3.8) is 0 Å². The van der Waals surface area contributed by atoms with Crippen molar-refractivity contribution in [2.24, 2.45) is 5.92 Å². The Morgan fingerprint density at radius 1 is 1.32 bits per heavy atom. The quantitative estimate of drug-likeness (QED) is 0.780. The zero-order chi connectivity index (χ0) is 13.7. The van der Waals surface area contributed by atoms with Gasteiger partial charge in [0.15, 0.2) is 0 Å². The number of hydrogen-bond acceptors (Lipinski definition) is 3. The van der Waals surface area contributed by atoms with E-state index in [2.05, 4.69) is 10.6 Å². The van der Waals surface area contributed by atoms with Crippen LogP contribution in [0.2, 0.25) is 0 Å². The number of hydrogen-bond donors (Lipinski definition) is 2. The maximum atomic E-state index is 12.2. The molecule has 108 valence electrons. The first kappa shape index (κ1) is 14.3. The zero-order valence-corrected chi connectivity index (χ0v) is 11.8. The number of nitrogens with one attached hydrogen (secondary N) is 2. The van der Waals surface area contributed by atoms with E-state index in [-0.39, 0.29) is 17.9 Å². The molecule has 2 fully saturated rings. The van der Waals surface area contributed by atoms with Gasteiger partial charge in [0.2, 0.25) is 11.8 Å². The van der Waals surface area contributed by atoms with Gasteiger partial charge in [-0.15, -0.1) is 0 Å². The zero-order valence-electron chi connectivity index (χ0n) is 11.8. The van der Waals surface area contributed by atoms with E-state index in [1.807, 2.05) is 4.90 Å². The fourth-order valence-corrected chi connectivity index (χ4v) is 2.90. The molecule has 19 heavy (non-hydrogen) atoms. The van der Waals surface area contributed by atoms with Gasteiger partial charge in [-0.3, -0.25) is 9.59 Å². The summed E-state index contributed by atoms with van der Waals surface area (Å²) in [5.74, 6) is 0.501. The lowest BCUT2D eigenvalue weighted by molar-refractivity contribution is -0.136. The standard InChI is InChI=1S/C14H25N3O2/c1-11(14(19)17-7-3-2-4-8-17)16-13(18)9-12-5-6-15-10-12/h11-12,15H,2-10H2,1H3,(H,16,18). The van der Waals surface area contributed by atoms with Crippen LogP contribution in [0, 0.1) is 5.92 Å². The van der Waals surface area contributed by atoms with E-state index in [0.29, 0.717) is 12.3 Å². The number of carbonyl (C=O) groups is 2. The number of nitrogens with zero attached hydrogens (tertiary/aromatic N) is 1. The molecule has 2 unspecified atom stereocenters. The van der Waals surface area contributed by atoms with Crippen molar-refractivity contribution in [1.29, 1.82) is 0 Å². The highest BCUT2D eigenvalue weighted by molar-refractivity contribution is 5.87. The average Bonchev–Trinajstić information content (AvgIpc) is 2.91. The van der Waals surface area contributed by atoms with E-state index in [4.69, 9.17) is 0 Å². The topological polar surface area (TPSA) is 61.4 Å². The number of amides is 2. The minimum atomic E-state index is -0.389. The van der Waals surface area contributed by atoms with Gasteiger partial charge in [-0.1, -0.05) is 0 Å². The Morgan fingerprint density at radius 2 is 2.05 bits per heavy atom. The van der Waals surface area contributed by atoms with Crippen molar-refractivity contribution in [3.8, 4) is 0 Å². The molecule has 5 nitrogen and oxygen atoms in total. The molecule has 2 aliphatic heterocycles. The van der Waals surface area contributed by atoms with E-state index < -0.39 is 0 Å². The van der Waals surface area contributed by atoms with Crippen molar-refractivity contribution in [3.05, 3.63) is 0 Å². The molecule has 5 heteroatoms. The van der Waals surface area contributed by atoms with Gasteiger partial charge in [-0.05, 0) is 51.6 Å². The first-order valence-electron chi connectivity index (χ1n) is 7.45.